The molecule has 0 aliphatic heterocycles. The first-order chi connectivity index (χ1) is 18.3. The number of benzene rings is 3. The first-order valence-electron chi connectivity index (χ1n) is 11.9. The number of esters is 1. The van der Waals surface area contributed by atoms with Crippen LogP contribution in [0, 0.1) is 6.92 Å². The van der Waals surface area contributed by atoms with Gasteiger partial charge in [-0.3, -0.25) is 4.79 Å². The molecule has 9 heteroatoms. The smallest absolute Gasteiger partial charge is 0.355 e. The molecule has 196 valence electrons. The van der Waals surface area contributed by atoms with Gasteiger partial charge in [0, 0.05) is 10.1 Å². The van der Waals surface area contributed by atoms with E-state index >= 15 is 0 Å². The predicted molar refractivity (Wildman–Crippen MR) is 151 cm³/mol. The van der Waals surface area contributed by atoms with E-state index in [2.05, 4.69) is 30.4 Å². The van der Waals surface area contributed by atoms with E-state index in [0.717, 1.165) is 21.2 Å². The Morgan fingerprint density at radius 2 is 1.84 bits per heavy atom. The standard InChI is InChI=1S/C29H27ClN2O5S/c1-17(2)20-11-9-18(3)23(14-20)36-16-26(33)32-31-15-19-10-12-22(24(13-19)35-4)37-29(34)28-27(30)21-7-5-6-8-25(21)38-28/h5-15,17H,16H2,1-4H3,(H,32,33)/b31-15-. The van der Waals surface area contributed by atoms with E-state index in [1.807, 2.05) is 43.3 Å². The number of rotatable bonds is 9. The second-order valence-corrected chi connectivity index (χ2v) is 10.2. The summed E-state index contributed by atoms with van der Waals surface area (Å²) in [6.45, 7) is 5.96. The molecule has 0 radical (unpaired) electrons. The number of ether oxygens (including phenoxy) is 3. The van der Waals surface area contributed by atoms with Gasteiger partial charge in [-0.05, 0) is 59.9 Å². The second-order valence-electron chi connectivity index (χ2n) is 8.80. The fourth-order valence-corrected chi connectivity index (χ4v) is 5.01. The molecule has 1 N–H and O–H groups in total. The maximum Gasteiger partial charge on any atom is 0.355 e. The summed E-state index contributed by atoms with van der Waals surface area (Å²) in [6, 6.07) is 18.4. The van der Waals surface area contributed by atoms with Crippen LogP contribution in [0.4, 0.5) is 0 Å². The summed E-state index contributed by atoms with van der Waals surface area (Å²) in [5.74, 6) is 0.624. The lowest BCUT2D eigenvalue weighted by Gasteiger charge is -2.12. The topological polar surface area (TPSA) is 86.2 Å². The Labute approximate surface area is 230 Å². The van der Waals surface area contributed by atoms with Crippen molar-refractivity contribution in [1.29, 1.82) is 0 Å². The van der Waals surface area contributed by atoms with E-state index in [1.165, 1.54) is 24.7 Å². The van der Waals surface area contributed by atoms with Gasteiger partial charge in [0.25, 0.3) is 5.91 Å². The van der Waals surface area contributed by atoms with Crippen molar-refractivity contribution in [2.75, 3.05) is 13.7 Å². The number of carbonyl (C=O) groups excluding carboxylic acids is 2. The van der Waals surface area contributed by atoms with E-state index in [4.69, 9.17) is 25.8 Å². The molecule has 0 fully saturated rings. The van der Waals surface area contributed by atoms with E-state index in [-0.39, 0.29) is 12.4 Å². The number of nitrogens with zero attached hydrogens (tertiary/aromatic N) is 1. The van der Waals surface area contributed by atoms with Gasteiger partial charge in [-0.25, -0.2) is 10.2 Å². The highest BCUT2D eigenvalue weighted by Crippen LogP contribution is 2.37. The van der Waals surface area contributed by atoms with Crippen LogP contribution in [-0.2, 0) is 4.79 Å². The van der Waals surface area contributed by atoms with Crippen molar-refractivity contribution in [1.82, 2.24) is 5.43 Å². The lowest BCUT2D eigenvalue weighted by Crippen LogP contribution is -2.24. The molecule has 0 saturated carbocycles. The molecular weight excluding hydrogens is 524 g/mol. The number of amides is 1. The molecule has 1 heterocycles. The van der Waals surface area contributed by atoms with Crippen LogP contribution in [-0.4, -0.2) is 31.8 Å². The number of thiophene rings is 1. The minimum Gasteiger partial charge on any atom is -0.493 e. The summed E-state index contributed by atoms with van der Waals surface area (Å²) < 4.78 is 17.5. The third kappa shape index (κ3) is 6.33. The highest BCUT2D eigenvalue weighted by Gasteiger charge is 2.20. The van der Waals surface area contributed by atoms with Crippen molar-refractivity contribution in [3.63, 3.8) is 0 Å². The summed E-state index contributed by atoms with van der Waals surface area (Å²) in [4.78, 5) is 25.3. The van der Waals surface area contributed by atoms with Crippen molar-refractivity contribution in [3.05, 3.63) is 87.3 Å². The molecule has 0 atom stereocenters. The van der Waals surface area contributed by atoms with E-state index in [9.17, 15) is 9.59 Å². The summed E-state index contributed by atoms with van der Waals surface area (Å²) in [5, 5.41) is 5.15. The van der Waals surface area contributed by atoms with Gasteiger partial charge in [-0.15, -0.1) is 11.3 Å². The largest absolute Gasteiger partial charge is 0.493 e. The Morgan fingerprint density at radius 3 is 2.58 bits per heavy atom. The molecule has 38 heavy (non-hydrogen) atoms. The van der Waals surface area contributed by atoms with Crippen molar-refractivity contribution in [2.24, 2.45) is 5.10 Å². The molecule has 1 aromatic heterocycles. The Bertz CT molecular complexity index is 1510. The number of fused-ring (bicyclic) bond motifs is 1. The summed E-state index contributed by atoms with van der Waals surface area (Å²) >= 11 is 7.67. The van der Waals surface area contributed by atoms with Crippen LogP contribution in [0.25, 0.3) is 10.1 Å². The van der Waals surface area contributed by atoms with Gasteiger partial charge in [0.05, 0.1) is 18.3 Å². The molecule has 7 nitrogen and oxygen atoms in total. The summed E-state index contributed by atoms with van der Waals surface area (Å²) in [7, 11) is 1.47. The number of aryl methyl sites for hydroxylation is 1. The molecular formula is C29H27ClN2O5S. The predicted octanol–water partition coefficient (Wildman–Crippen LogP) is 6.74. The molecule has 4 aromatic rings. The van der Waals surface area contributed by atoms with Gasteiger partial charge in [-0.2, -0.15) is 5.10 Å². The Morgan fingerprint density at radius 1 is 1.05 bits per heavy atom. The second kappa shape index (κ2) is 12.1. The molecule has 3 aromatic carbocycles. The Balaban J connectivity index is 1.36. The first kappa shape index (κ1) is 27.2. The fraction of sp³-hybridized carbons (Fsp3) is 0.207. The van der Waals surface area contributed by atoms with Gasteiger partial charge in [0.1, 0.15) is 10.6 Å². The van der Waals surface area contributed by atoms with Gasteiger partial charge in [-0.1, -0.05) is 55.8 Å². The molecule has 4 rings (SSSR count). The maximum absolute atomic E-state index is 12.8. The zero-order chi connectivity index (χ0) is 27.2. The van der Waals surface area contributed by atoms with Gasteiger partial charge in [0.15, 0.2) is 18.1 Å². The minimum atomic E-state index is -0.572. The third-order valence-electron chi connectivity index (χ3n) is 5.75. The lowest BCUT2D eigenvalue weighted by molar-refractivity contribution is -0.123. The lowest BCUT2D eigenvalue weighted by atomic mass is 10.0. The first-order valence-corrected chi connectivity index (χ1v) is 13.1. The van der Waals surface area contributed by atoms with Crippen molar-refractivity contribution >= 4 is 51.1 Å². The van der Waals surface area contributed by atoms with Crippen LogP contribution in [0.1, 0.15) is 46.1 Å². The van der Waals surface area contributed by atoms with Gasteiger partial charge in [0.2, 0.25) is 0 Å². The normalized spacial score (nSPS) is 11.2. The Kier molecular flexibility index (Phi) is 8.66. The SMILES string of the molecule is COc1cc(/C=N\NC(=O)COc2cc(C(C)C)ccc2C)ccc1OC(=O)c1sc2ccccc2c1Cl. The van der Waals surface area contributed by atoms with E-state index in [1.54, 1.807) is 18.2 Å². The minimum absolute atomic E-state index is 0.168. The average Bonchev–Trinajstić information content (AvgIpc) is 3.25. The average molecular weight is 551 g/mol. The van der Waals surface area contributed by atoms with E-state index < -0.39 is 11.9 Å². The highest BCUT2D eigenvalue weighted by atomic mass is 35.5. The molecule has 0 unspecified atom stereocenters. The van der Waals surface area contributed by atoms with Crippen LogP contribution in [0.5, 0.6) is 17.2 Å². The van der Waals surface area contributed by atoms with Crippen molar-refractivity contribution < 1.29 is 23.8 Å². The number of hydrogen-bond donors (Lipinski definition) is 1. The fourth-order valence-electron chi connectivity index (χ4n) is 3.63. The molecule has 0 aliphatic carbocycles. The van der Waals surface area contributed by atoms with Crippen LogP contribution in [0.2, 0.25) is 5.02 Å². The number of hydrogen-bond acceptors (Lipinski definition) is 7. The quantitative estimate of drug-likeness (QED) is 0.108. The van der Waals surface area contributed by atoms with Gasteiger partial charge < -0.3 is 14.2 Å². The van der Waals surface area contributed by atoms with Crippen LogP contribution < -0.4 is 19.6 Å². The monoisotopic (exact) mass is 550 g/mol. The zero-order valence-electron chi connectivity index (χ0n) is 21.4. The number of nitrogens with one attached hydrogen (secondary N) is 1. The molecule has 1 amide bonds. The van der Waals surface area contributed by atoms with Crippen LogP contribution >= 0.6 is 22.9 Å². The summed E-state index contributed by atoms with van der Waals surface area (Å²) in [5.41, 5.74) is 5.17. The molecule has 0 bridgehead atoms. The van der Waals surface area contributed by atoms with Gasteiger partial charge >= 0.3 is 5.97 Å². The molecule has 0 spiro atoms. The van der Waals surface area contributed by atoms with Crippen LogP contribution in [0.15, 0.2) is 65.8 Å². The molecule has 0 saturated heterocycles. The Hall–Kier alpha value is -3.88. The van der Waals surface area contributed by atoms with Crippen LogP contribution in [0.3, 0.4) is 0 Å². The van der Waals surface area contributed by atoms with E-state index in [0.29, 0.717) is 32.9 Å². The number of hydrazone groups is 1. The highest BCUT2D eigenvalue weighted by molar-refractivity contribution is 7.21. The number of carbonyl (C=O) groups is 2. The zero-order valence-corrected chi connectivity index (χ0v) is 23.0. The van der Waals surface area contributed by atoms with Crippen molar-refractivity contribution in [3.8, 4) is 17.2 Å². The number of methoxy groups -OCH3 is 1. The third-order valence-corrected chi connectivity index (χ3v) is 7.41. The molecule has 0 aliphatic rings. The maximum atomic E-state index is 12.8. The van der Waals surface area contributed by atoms with Crippen molar-refractivity contribution in [2.45, 2.75) is 26.7 Å². The summed E-state index contributed by atoms with van der Waals surface area (Å²) in [6.07, 6.45) is 1.46. The number of halogens is 1.